The number of fused-ring (bicyclic) bond motifs is 1. The third-order valence-electron chi connectivity index (χ3n) is 3.80. The number of aryl methyl sites for hydroxylation is 1. The topological polar surface area (TPSA) is 67.8 Å². The Morgan fingerprint density at radius 3 is 2.57 bits per heavy atom. The van der Waals surface area contributed by atoms with E-state index in [9.17, 15) is 4.79 Å². The van der Waals surface area contributed by atoms with Crippen LogP contribution in [0, 0.1) is 0 Å². The molecule has 0 radical (unpaired) electrons. The molecule has 1 N–H and O–H groups in total. The summed E-state index contributed by atoms with van der Waals surface area (Å²) in [7, 11) is 3.58. The summed E-state index contributed by atoms with van der Waals surface area (Å²) in [6, 6.07) is 5.23. The summed E-state index contributed by atoms with van der Waals surface area (Å²) >= 11 is 5.87. The molecule has 4 rings (SSSR count). The first-order chi connectivity index (χ1) is 11.0. The van der Waals surface area contributed by atoms with Gasteiger partial charge in [-0.25, -0.2) is 9.67 Å². The van der Waals surface area contributed by atoms with Crippen LogP contribution in [0.4, 0.5) is 22.9 Å². The van der Waals surface area contributed by atoms with Crippen molar-refractivity contribution in [1.29, 1.82) is 0 Å². The molecule has 7 nitrogen and oxygen atoms in total. The van der Waals surface area contributed by atoms with E-state index in [1.54, 1.807) is 13.2 Å². The van der Waals surface area contributed by atoms with Crippen LogP contribution in [0.25, 0.3) is 5.69 Å². The maximum Gasteiger partial charge on any atom is 0.290 e. The van der Waals surface area contributed by atoms with Crippen LogP contribution in [0.5, 0.6) is 0 Å². The first-order valence-corrected chi connectivity index (χ1v) is 7.34. The first-order valence-electron chi connectivity index (χ1n) is 6.96. The zero-order valence-electron chi connectivity index (χ0n) is 12.5. The molecule has 1 aliphatic rings. The van der Waals surface area contributed by atoms with Gasteiger partial charge in [-0.15, -0.1) is 0 Å². The largest absolute Gasteiger partial charge is 0.339 e. The fourth-order valence-electron chi connectivity index (χ4n) is 2.45. The Balaban J connectivity index is 1.58. The third kappa shape index (κ3) is 2.35. The normalized spacial score (nSPS) is 12.2. The van der Waals surface area contributed by atoms with Crippen molar-refractivity contribution in [3.05, 3.63) is 52.3 Å². The average molecular weight is 329 g/mol. The molecule has 0 spiro atoms. The Morgan fingerprint density at radius 1 is 1.17 bits per heavy atom. The molecule has 0 fully saturated rings. The Labute approximate surface area is 136 Å². The molecular weight excluding hydrogens is 316 g/mol. The van der Waals surface area contributed by atoms with Crippen LogP contribution in [0.3, 0.4) is 0 Å². The second kappa shape index (κ2) is 4.85. The molecule has 0 atom stereocenters. The van der Waals surface area contributed by atoms with Gasteiger partial charge in [0.05, 0.1) is 23.3 Å². The lowest BCUT2D eigenvalue weighted by molar-refractivity contribution is 0.710. The summed E-state index contributed by atoms with van der Waals surface area (Å²) in [6.45, 7) is 0. The first kappa shape index (κ1) is 13.8. The van der Waals surface area contributed by atoms with Gasteiger partial charge in [-0.2, -0.15) is 5.10 Å². The van der Waals surface area contributed by atoms with Crippen molar-refractivity contribution in [3.8, 4) is 5.69 Å². The number of halogens is 1. The van der Waals surface area contributed by atoms with Gasteiger partial charge in [0.1, 0.15) is 11.5 Å². The molecule has 0 saturated carbocycles. The number of nitrogens with zero attached hydrogens (tertiary/aromatic N) is 5. The summed E-state index contributed by atoms with van der Waals surface area (Å²) < 4.78 is 3.20. The Bertz CT molecular complexity index is 938. The maximum absolute atomic E-state index is 12.0. The van der Waals surface area contributed by atoms with E-state index < -0.39 is 0 Å². The van der Waals surface area contributed by atoms with Crippen LogP contribution in [-0.2, 0) is 7.05 Å². The van der Waals surface area contributed by atoms with E-state index in [-0.39, 0.29) is 10.7 Å². The number of anilines is 4. The van der Waals surface area contributed by atoms with Crippen molar-refractivity contribution in [2.75, 3.05) is 17.3 Å². The van der Waals surface area contributed by atoms with Gasteiger partial charge in [0, 0.05) is 32.6 Å². The van der Waals surface area contributed by atoms with Crippen LogP contribution in [0.2, 0.25) is 5.15 Å². The van der Waals surface area contributed by atoms with Crippen LogP contribution in [0.15, 0.2) is 41.6 Å². The van der Waals surface area contributed by atoms with E-state index in [0.29, 0.717) is 11.5 Å². The minimum Gasteiger partial charge on any atom is -0.339 e. The lowest BCUT2D eigenvalue weighted by Gasteiger charge is -2.08. The van der Waals surface area contributed by atoms with Crippen molar-refractivity contribution >= 4 is 34.5 Å². The van der Waals surface area contributed by atoms with E-state index in [1.165, 1.54) is 22.1 Å². The molecule has 0 aliphatic carbocycles. The average Bonchev–Trinajstić information content (AvgIpc) is 2.96. The molecule has 0 bridgehead atoms. The van der Waals surface area contributed by atoms with E-state index in [0.717, 1.165) is 5.69 Å². The number of hydrogen-bond acceptors (Lipinski definition) is 5. The Morgan fingerprint density at radius 2 is 1.91 bits per heavy atom. The van der Waals surface area contributed by atoms with Gasteiger partial charge >= 0.3 is 0 Å². The lowest BCUT2D eigenvalue weighted by Crippen LogP contribution is -2.22. The quantitative estimate of drug-likeness (QED) is 0.748. The molecule has 1 aliphatic heterocycles. The molecule has 4 heterocycles. The minimum atomic E-state index is -0.266. The summed E-state index contributed by atoms with van der Waals surface area (Å²) in [4.78, 5) is 18.5. The summed E-state index contributed by atoms with van der Waals surface area (Å²) in [6.07, 6.45) is 5.85. The SMILES string of the molecule is CN1c2cn(-c3ccc(Nc4cc(Cl)nn(C)c4=O)nc3)cc21. The number of nitrogens with one attached hydrogen (secondary N) is 1. The molecular formula is C15H13ClN6O. The smallest absolute Gasteiger partial charge is 0.290 e. The Hall–Kier alpha value is -2.80. The third-order valence-corrected chi connectivity index (χ3v) is 3.98. The number of rotatable bonds is 3. The van der Waals surface area contributed by atoms with E-state index in [2.05, 4.69) is 32.7 Å². The van der Waals surface area contributed by atoms with Gasteiger partial charge in [-0.05, 0) is 12.1 Å². The molecule has 3 aromatic heterocycles. The van der Waals surface area contributed by atoms with Gasteiger partial charge in [0.25, 0.3) is 5.56 Å². The molecule has 8 heteroatoms. The highest BCUT2D eigenvalue weighted by Gasteiger charge is 2.27. The second-order valence-electron chi connectivity index (χ2n) is 5.33. The maximum atomic E-state index is 12.0. The Kier molecular flexibility index (Phi) is 2.92. The van der Waals surface area contributed by atoms with E-state index in [1.807, 2.05) is 23.7 Å². The van der Waals surface area contributed by atoms with Crippen molar-refractivity contribution in [1.82, 2.24) is 19.3 Å². The van der Waals surface area contributed by atoms with Crippen molar-refractivity contribution in [2.24, 2.45) is 7.05 Å². The molecule has 0 unspecified atom stereocenters. The molecule has 3 aromatic rings. The summed E-state index contributed by atoms with van der Waals surface area (Å²) in [5.74, 6) is 0.565. The highest BCUT2D eigenvalue weighted by molar-refractivity contribution is 6.29. The van der Waals surface area contributed by atoms with E-state index >= 15 is 0 Å². The zero-order valence-corrected chi connectivity index (χ0v) is 13.2. The van der Waals surface area contributed by atoms with Crippen molar-refractivity contribution in [2.45, 2.75) is 0 Å². The van der Waals surface area contributed by atoms with Gasteiger partial charge in [-0.1, -0.05) is 11.6 Å². The zero-order chi connectivity index (χ0) is 16.1. The van der Waals surface area contributed by atoms with Crippen molar-refractivity contribution in [3.63, 3.8) is 0 Å². The molecule has 0 saturated heterocycles. The van der Waals surface area contributed by atoms with Gasteiger partial charge in [0.2, 0.25) is 0 Å². The fraction of sp³-hybridized carbons (Fsp3) is 0.133. The highest BCUT2D eigenvalue weighted by atomic mass is 35.5. The predicted octanol–water partition coefficient (Wildman–Crippen LogP) is 2.44. The van der Waals surface area contributed by atoms with Crippen LogP contribution in [-0.4, -0.2) is 26.4 Å². The standard InChI is InChI=1S/C15H13ClN6O/c1-20-11-7-22(8-12(11)20)9-3-4-14(17-6-9)18-10-5-13(16)19-21(2)15(10)23/h3-8H,1-2H3,(H,17,18). The monoisotopic (exact) mass is 328 g/mol. The van der Waals surface area contributed by atoms with Gasteiger partial charge in [0.15, 0.2) is 5.15 Å². The highest BCUT2D eigenvalue weighted by Crippen LogP contribution is 2.47. The molecule has 0 aromatic carbocycles. The summed E-state index contributed by atoms with van der Waals surface area (Å²) in [5, 5.41) is 7.06. The van der Waals surface area contributed by atoms with Crippen LogP contribution >= 0.6 is 11.6 Å². The molecule has 116 valence electrons. The van der Waals surface area contributed by atoms with Gasteiger partial charge in [-0.3, -0.25) is 4.79 Å². The lowest BCUT2D eigenvalue weighted by atomic mass is 10.3. The second-order valence-corrected chi connectivity index (χ2v) is 5.72. The molecule has 23 heavy (non-hydrogen) atoms. The van der Waals surface area contributed by atoms with Crippen molar-refractivity contribution < 1.29 is 0 Å². The fourth-order valence-corrected chi connectivity index (χ4v) is 2.67. The number of pyridine rings is 1. The molecule has 0 amide bonds. The minimum absolute atomic E-state index is 0.241. The summed E-state index contributed by atoms with van der Waals surface area (Å²) in [5.41, 5.74) is 3.47. The van der Waals surface area contributed by atoms with Crippen LogP contribution < -0.4 is 15.8 Å². The number of aromatic nitrogens is 4. The number of hydrogen-bond donors (Lipinski definition) is 1. The van der Waals surface area contributed by atoms with E-state index in [4.69, 9.17) is 11.6 Å². The van der Waals surface area contributed by atoms with Crippen LogP contribution in [0.1, 0.15) is 0 Å². The predicted molar refractivity (Wildman–Crippen MR) is 89.4 cm³/mol. The van der Waals surface area contributed by atoms with Gasteiger partial charge < -0.3 is 14.8 Å².